The fourth-order valence-electron chi connectivity index (χ4n) is 3.26. The van der Waals surface area contributed by atoms with Crippen LogP contribution in [-0.4, -0.2) is 25.4 Å². The Kier molecular flexibility index (Phi) is 8.40. The van der Waals surface area contributed by atoms with Gasteiger partial charge in [0, 0.05) is 24.3 Å². The third kappa shape index (κ3) is 6.43. The highest BCUT2D eigenvalue weighted by Gasteiger charge is 2.17. The van der Waals surface area contributed by atoms with Crippen molar-refractivity contribution in [1.82, 2.24) is 10.6 Å². The van der Waals surface area contributed by atoms with E-state index < -0.39 is 0 Å². The molecule has 3 N–H and O–H groups in total. The summed E-state index contributed by atoms with van der Waals surface area (Å²) in [6.45, 7) is 8.94. The Morgan fingerprint density at radius 2 is 1.48 bits per heavy atom. The molecule has 0 saturated carbocycles. The fraction of sp³-hybridized carbons (Fsp3) is 0.417. The van der Waals surface area contributed by atoms with Crippen molar-refractivity contribution in [1.29, 1.82) is 0 Å². The van der Waals surface area contributed by atoms with Gasteiger partial charge in [-0.05, 0) is 53.6 Å². The summed E-state index contributed by atoms with van der Waals surface area (Å²) in [5.74, 6) is 0.641. The first-order valence-electron chi connectivity index (χ1n) is 10.3. The number of amides is 2. The summed E-state index contributed by atoms with van der Waals surface area (Å²) in [5.41, 5.74) is 3.76. The Balaban J connectivity index is 1.96. The van der Waals surface area contributed by atoms with E-state index in [0.717, 1.165) is 6.42 Å². The number of hydrogen-bond acceptors (Lipinski definition) is 3. The number of carbonyl (C=O) groups excluding carboxylic acids is 2. The molecule has 5 heteroatoms. The van der Waals surface area contributed by atoms with Crippen LogP contribution in [0.4, 0.5) is 5.69 Å². The van der Waals surface area contributed by atoms with Gasteiger partial charge in [0.15, 0.2) is 0 Å². The molecule has 0 spiro atoms. The molecule has 0 fully saturated rings. The van der Waals surface area contributed by atoms with Gasteiger partial charge in [0.05, 0.1) is 6.54 Å². The lowest BCUT2D eigenvalue weighted by Crippen LogP contribution is -2.33. The maximum atomic E-state index is 12.4. The quantitative estimate of drug-likeness (QED) is 0.586. The molecule has 0 unspecified atom stereocenters. The van der Waals surface area contributed by atoms with Gasteiger partial charge in [-0.3, -0.25) is 9.59 Å². The lowest BCUT2D eigenvalue weighted by molar-refractivity contribution is -0.115. The number of carbonyl (C=O) groups is 2. The molecule has 156 valence electrons. The van der Waals surface area contributed by atoms with Crippen LogP contribution in [0.15, 0.2) is 48.5 Å². The Bertz CT molecular complexity index is 798. The van der Waals surface area contributed by atoms with Crippen LogP contribution in [0.5, 0.6) is 0 Å². The average molecular weight is 396 g/mol. The van der Waals surface area contributed by atoms with E-state index in [9.17, 15) is 9.59 Å². The summed E-state index contributed by atoms with van der Waals surface area (Å²) in [4.78, 5) is 24.0. The summed E-state index contributed by atoms with van der Waals surface area (Å²) >= 11 is 0. The average Bonchev–Trinajstić information content (AvgIpc) is 2.73. The molecule has 0 saturated heterocycles. The van der Waals surface area contributed by atoms with Crippen molar-refractivity contribution in [3.63, 3.8) is 0 Å². The van der Waals surface area contributed by atoms with Gasteiger partial charge in [0.1, 0.15) is 0 Å². The van der Waals surface area contributed by atoms with Crippen molar-refractivity contribution < 1.29 is 9.59 Å². The van der Waals surface area contributed by atoms with Crippen LogP contribution in [0.3, 0.4) is 0 Å². The second-order valence-corrected chi connectivity index (χ2v) is 7.78. The van der Waals surface area contributed by atoms with Crippen LogP contribution in [0.1, 0.15) is 67.6 Å². The number of hydrogen-bond donors (Lipinski definition) is 3. The minimum atomic E-state index is -0.149. The highest BCUT2D eigenvalue weighted by Crippen LogP contribution is 2.25. The van der Waals surface area contributed by atoms with Crippen molar-refractivity contribution in [2.24, 2.45) is 5.92 Å². The Morgan fingerprint density at radius 3 is 2.00 bits per heavy atom. The summed E-state index contributed by atoms with van der Waals surface area (Å²) < 4.78 is 0. The molecule has 0 radical (unpaired) electrons. The number of anilines is 1. The van der Waals surface area contributed by atoms with E-state index in [1.54, 1.807) is 31.3 Å². The van der Waals surface area contributed by atoms with Gasteiger partial charge in [-0.15, -0.1) is 0 Å². The normalized spacial score (nSPS) is 13.0. The minimum Gasteiger partial charge on any atom is -0.355 e. The van der Waals surface area contributed by atoms with Crippen LogP contribution in [-0.2, 0) is 4.79 Å². The molecule has 2 rings (SSSR count). The zero-order valence-corrected chi connectivity index (χ0v) is 18.1. The van der Waals surface area contributed by atoms with Gasteiger partial charge in [0.25, 0.3) is 5.91 Å². The van der Waals surface area contributed by atoms with E-state index in [-0.39, 0.29) is 24.4 Å². The molecule has 0 aromatic heterocycles. The first kappa shape index (κ1) is 22.6. The zero-order valence-electron chi connectivity index (χ0n) is 18.1. The van der Waals surface area contributed by atoms with Crippen molar-refractivity contribution >= 4 is 17.5 Å². The second kappa shape index (κ2) is 10.8. The molecule has 2 amide bonds. The maximum absolute atomic E-state index is 12.4. The summed E-state index contributed by atoms with van der Waals surface area (Å²) in [7, 11) is 1.59. The van der Waals surface area contributed by atoms with Gasteiger partial charge in [-0.25, -0.2) is 0 Å². The Hall–Kier alpha value is -2.66. The van der Waals surface area contributed by atoms with E-state index in [0.29, 0.717) is 23.1 Å². The van der Waals surface area contributed by atoms with E-state index in [1.807, 2.05) is 0 Å². The largest absolute Gasteiger partial charge is 0.355 e. The molecule has 29 heavy (non-hydrogen) atoms. The fourth-order valence-corrected chi connectivity index (χ4v) is 3.26. The van der Waals surface area contributed by atoms with Crippen LogP contribution >= 0.6 is 0 Å². The van der Waals surface area contributed by atoms with Crippen molar-refractivity contribution in [2.45, 2.75) is 46.1 Å². The van der Waals surface area contributed by atoms with Gasteiger partial charge >= 0.3 is 0 Å². The summed E-state index contributed by atoms with van der Waals surface area (Å²) in [5, 5.41) is 8.83. The molecule has 0 heterocycles. The standard InChI is InChI=1S/C24H33N3O2/c1-6-17(4)18-7-9-19(10-8-18)23(16(2)3)26-15-22(28)27-21-13-11-20(12-14-21)24(29)25-5/h7-14,16-17,23,26H,6,15H2,1-5H3,(H,25,29)(H,27,28)/t17-,23-/m0/s1. The van der Waals surface area contributed by atoms with E-state index in [2.05, 4.69) is 67.9 Å². The van der Waals surface area contributed by atoms with Crippen LogP contribution in [0.2, 0.25) is 0 Å². The van der Waals surface area contributed by atoms with Gasteiger partial charge < -0.3 is 16.0 Å². The maximum Gasteiger partial charge on any atom is 0.251 e. The smallest absolute Gasteiger partial charge is 0.251 e. The molecule has 0 aliphatic carbocycles. The predicted molar refractivity (Wildman–Crippen MR) is 119 cm³/mol. The summed E-state index contributed by atoms with van der Waals surface area (Å²) in [6, 6.07) is 15.6. The van der Waals surface area contributed by atoms with E-state index >= 15 is 0 Å². The van der Waals surface area contributed by atoms with Gasteiger partial charge in [-0.1, -0.05) is 52.0 Å². The van der Waals surface area contributed by atoms with Crippen molar-refractivity contribution in [3.8, 4) is 0 Å². The van der Waals surface area contributed by atoms with Gasteiger partial charge in [0.2, 0.25) is 5.91 Å². The highest BCUT2D eigenvalue weighted by molar-refractivity contribution is 5.96. The predicted octanol–water partition coefficient (Wildman–Crippen LogP) is 4.49. The van der Waals surface area contributed by atoms with Crippen LogP contribution in [0, 0.1) is 5.92 Å². The first-order chi connectivity index (χ1) is 13.8. The molecular weight excluding hydrogens is 362 g/mol. The van der Waals surface area contributed by atoms with E-state index in [1.165, 1.54) is 11.1 Å². The minimum absolute atomic E-state index is 0.0994. The van der Waals surface area contributed by atoms with Crippen LogP contribution in [0.25, 0.3) is 0 Å². The molecule has 0 aliphatic rings. The zero-order chi connectivity index (χ0) is 21.4. The Labute approximate surface area is 174 Å². The van der Waals surface area contributed by atoms with E-state index in [4.69, 9.17) is 0 Å². The third-order valence-electron chi connectivity index (χ3n) is 5.28. The van der Waals surface area contributed by atoms with Gasteiger partial charge in [-0.2, -0.15) is 0 Å². The lowest BCUT2D eigenvalue weighted by Gasteiger charge is -2.23. The third-order valence-corrected chi connectivity index (χ3v) is 5.28. The number of rotatable bonds is 9. The van der Waals surface area contributed by atoms with Crippen molar-refractivity contribution in [2.75, 3.05) is 18.9 Å². The molecular formula is C24H33N3O2. The monoisotopic (exact) mass is 395 g/mol. The SMILES string of the molecule is CC[C@H](C)c1ccc([C@@H](NCC(=O)Nc2ccc(C(=O)NC)cc2)C(C)C)cc1. The first-order valence-corrected chi connectivity index (χ1v) is 10.3. The summed E-state index contributed by atoms with van der Waals surface area (Å²) in [6.07, 6.45) is 1.12. The van der Waals surface area contributed by atoms with Crippen molar-refractivity contribution in [3.05, 3.63) is 65.2 Å². The molecule has 2 aromatic carbocycles. The van der Waals surface area contributed by atoms with Crippen LogP contribution < -0.4 is 16.0 Å². The number of nitrogens with one attached hydrogen (secondary N) is 3. The topological polar surface area (TPSA) is 70.2 Å². The molecule has 2 aromatic rings. The molecule has 0 aliphatic heterocycles. The number of benzene rings is 2. The Morgan fingerprint density at radius 1 is 0.897 bits per heavy atom. The lowest BCUT2D eigenvalue weighted by atomic mass is 9.92. The molecule has 5 nitrogen and oxygen atoms in total. The molecule has 2 atom stereocenters. The molecule has 0 bridgehead atoms. The second-order valence-electron chi connectivity index (χ2n) is 7.78. The highest BCUT2D eigenvalue weighted by atomic mass is 16.2.